The maximum absolute atomic E-state index is 4.07. The monoisotopic (exact) mass is 125 g/mol. The molecule has 1 aliphatic heterocycles. The average Bonchev–Trinajstić information content (AvgIpc) is 1.88. The molecule has 1 aliphatic rings. The maximum atomic E-state index is 4.07. The van der Waals surface area contributed by atoms with E-state index in [1.54, 1.807) is 6.34 Å². The first-order valence-corrected chi connectivity index (χ1v) is 2.97. The summed E-state index contributed by atoms with van der Waals surface area (Å²) in [6.45, 7) is 2.01. The Morgan fingerprint density at radius 3 is 3.00 bits per heavy atom. The summed E-state index contributed by atoms with van der Waals surface area (Å²) in [4.78, 5) is 4.07. The van der Waals surface area contributed by atoms with Gasteiger partial charge in [0.1, 0.15) is 6.17 Å². The fourth-order valence-electron chi connectivity index (χ4n) is 0.705. The molecule has 0 radical (unpaired) electrons. The van der Waals surface area contributed by atoms with Gasteiger partial charge in [-0.1, -0.05) is 0 Å². The molecule has 0 spiro atoms. The van der Waals surface area contributed by atoms with Crippen LogP contribution < -0.4 is 10.6 Å². The van der Waals surface area contributed by atoms with Crippen molar-refractivity contribution in [1.29, 1.82) is 0 Å². The molecule has 0 aromatic carbocycles. The second kappa shape index (κ2) is 2.64. The Morgan fingerprint density at radius 1 is 1.78 bits per heavy atom. The zero-order chi connectivity index (χ0) is 6.69. The van der Waals surface area contributed by atoms with Crippen LogP contribution in [0, 0.1) is 0 Å². The highest BCUT2D eigenvalue weighted by atomic mass is 15.1. The van der Waals surface area contributed by atoms with E-state index in [0.717, 1.165) is 5.70 Å². The molecular weight excluding hydrogens is 114 g/mol. The van der Waals surface area contributed by atoms with E-state index in [2.05, 4.69) is 15.6 Å². The number of nitrogens with zero attached hydrogens (tertiary/aromatic N) is 1. The summed E-state index contributed by atoms with van der Waals surface area (Å²) in [5.41, 5.74) is 1.14. The third-order valence-electron chi connectivity index (χ3n) is 1.23. The summed E-state index contributed by atoms with van der Waals surface area (Å²) in [6, 6.07) is 0. The minimum absolute atomic E-state index is 0.159. The lowest BCUT2D eigenvalue weighted by atomic mass is 10.3. The van der Waals surface area contributed by atoms with Crippen molar-refractivity contribution in [3.8, 4) is 0 Å². The Hall–Kier alpha value is -0.830. The van der Waals surface area contributed by atoms with Crippen molar-refractivity contribution in [2.75, 3.05) is 7.05 Å². The van der Waals surface area contributed by atoms with Crippen LogP contribution in [0.5, 0.6) is 0 Å². The molecule has 0 aromatic heterocycles. The van der Waals surface area contributed by atoms with E-state index in [1.807, 2.05) is 20.0 Å². The van der Waals surface area contributed by atoms with Gasteiger partial charge in [0.15, 0.2) is 0 Å². The van der Waals surface area contributed by atoms with Gasteiger partial charge in [-0.15, -0.1) is 0 Å². The van der Waals surface area contributed by atoms with Crippen LogP contribution in [0.15, 0.2) is 16.8 Å². The van der Waals surface area contributed by atoms with Crippen LogP contribution in [0.25, 0.3) is 0 Å². The molecule has 2 N–H and O–H groups in total. The van der Waals surface area contributed by atoms with Gasteiger partial charge in [0.05, 0.1) is 6.34 Å². The predicted molar refractivity (Wildman–Crippen MR) is 38.2 cm³/mol. The summed E-state index contributed by atoms with van der Waals surface area (Å²) >= 11 is 0. The van der Waals surface area contributed by atoms with Crippen molar-refractivity contribution in [3.63, 3.8) is 0 Å². The van der Waals surface area contributed by atoms with Gasteiger partial charge in [0.2, 0.25) is 0 Å². The van der Waals surface area contributed by atoms with Crippen LogP contribution in [0.2, 0.25) is 0 Å². The lowest BCUT2D eigenvalue weighted by Crippen LogP contribution is -2.27. The lowest BCUT2D eigenvalue weighted by molar-refractivity contribution is 0.683. The molecule has 0 saturated carbocycles. The highest BCUT2D eigenvalue weighted by Crippen LogP contribution is 1.96. The fraction of sp³-hybridized carbons (Fsp3) is 0.500. The smallest absolute Gasteiger partial charge is 0.122 e. The fourth-order valence-corrected chi connectivity index (χ4v) is 0.705. The van der Waals surface area contributed by atoms with E-state index in [1.165, 1.54) is 0 Å². The zero-order valence-corrected chi connectivity index (χ0v) is 5.68. The molecule has 0 aromatic rings. The Labute approximate surface area is 54.9 Å². The van der Waals surface area contributed by atoms with E-state index >= 15 is 0 Å². The molecule has 50 valence electrons. The number of likely N-dealkylation sites (N-methyl/N-ethyl adjacent to an activating group) is 1. The number of hydrogen-bond acceptors (Lipinski definition) is 3. The van der Waals surface area contributed by atoms with Crippen LogP contribution in [0.4, 0.5) is 0 Å². The largest absolute Gasteiger partial charge is 0.351 e. The zero-order valence-electron chi connectivity index (χ0n) is 5.68. The molecule has 3 heteroatoms. The van der Waals surface area contributed by atoms with Crippen LogP contribution in [0.1, 0.15) is 6.92 Å². The van der Waals surface area contributed by atoms with E-state index in [9.17, 15) is 0 Å². The van der Waals surface area contributed by atoms with Crippen LogP contribution >= 0.6 is 0 Å². The molecule has 0 aliphatic carbocycles. The second-order valence-corrected chi connectivity index (χ2v) is 2.01. The van der Waals surface area contributed by atoms with E-state index in [0.29, 0.717) is 0 Å². The molecule has 0 saturated heterocycles. The van der Waals surface area contributed by atoms with E-state index < -0.39 is 0 Å². The molecule has 0 fully saturated rings. The molecule has 1 unspecified atom stereocenters. The lowest BCUT2D eigenvalue weighted by Gasteiger charge is -2.12. The van der Waals surface area contributed by atoms with Gasteiger partial charge in [-0.25, -0.2) is 0 Å². The first-order valence-electron chi connectivity index (χ1n) is 2.97. The minimum atomic E-state index is 0.159. The van der Waals surface area contributed by atoms with E-state index in [4.69, 9.17) is 0 Å². The maximum Gasteiger partial charge on any atom is 0.122 e. The topological polar surface area (TPSA) is 36.4 Å². The molecule has 9 heavy (non-hydrogen) atoms. The highest BCUT2D eigenvalue weighted by molar-refractivity contribution is 5.59. The second-order valence-electron chi connectivity index (χ2n) is 2.01. The van der Waals surface area contributed by atoms with Gasteiger partial charge >= 0.3 is 0 Å². The van der Waals surface area contributed by atoms with Crippen molar-refractivity contribution >= 4 is 6.34 Å². The first kappa shape index (κ1) is 6.29. The number of rotatable bonds is 1. The molecule has 3 nitrogen and oxygen atoms in total. The Morgan fingerprint density at radius 2 is 2.56 bits per heavy atom. The number of allylic oxidation sites excluding steroid dienone is 1. The molecule has 0 amide bonds. The average molecular weight is 125 g/mol. The quantitative estimate of drug-likeness (QED) is 0.520. The number of nitrogens with one attached hydrogen (secondary N) is 2. The van der Waals surface area contributed by atoms with Gasteiger partial charge in [0.25, 0.3) is 0 Å². The van der Waals surface area contributed by atoms with Gasteiger partial charge in [-0.2, -0.15) is 0 Å². The van der Waals surface area contributed by atoms with Crippen molar-refractivity contribution in [2.45, 2.75) is 13.1 Å². The molecule has 1 atom stereocenters. The van der Waals surface area contributed by atoms with Crippen LogP contribution in [0.3, 0.4) is 0 Å². The SMILES string of the molecule is CNC1C=C(C)NC=N1. The molecular formula is C6H11N3. The highest BCUT2D eigenvalue weighted by Gasteiger charge is 2.00. The molecule has 1 rings (SSSR count). The summed E-state index contributed by atoms with van der Waals surface area (Å²) in [7, 11) is 1.89. The number of hydrogen-bond donors (Lipinski definition) is 2. The Kier molecular flexibility index (Phi) is 1.85. The summed E-state index contributed by atoms with van der Waals surface area (Å²) in [5.74, 6) is 0. The minimum Gasteiger partial charge on any atom is -0.351 e. The molecule has 0 bridgehead atoms. The summed E-state index contributed by atoms with van der Waals surface area (Å²) in [6.07, 6.45) is 3.89. The van der Waals surface area contributed by atoms with Gasteiger partial charge in [-0.3, -0.25) is 10.3 Å². The van der Waals surface area contributed by atoms with Crippen molar-refractivity contribution in [2.24, 2.45) is 4.99 Å². The number of aliphatic imine (C=N–C) groups is 1. The van der Waals surface area contributed by atoms with E-state index in [-0.39, 0.29) is 6.17 Å². The first-order chi connectivity index (χ1) is 4.33. The standard InChI is InChI=1S/C6H11N3/c1-5-3-6(7-2)9-4-8-5/h3-4,6-7H,1-2H3,(H,8,9). The van der Waals surface area contributed by atoms with Crippen molar-refractivity contribution in [1.82, 2.24) is 10.6 Å². The van der Waals surface area contributed by atoms with Crippen molar-refractivity contribution < 1.29 is 0 Å². The third kappa shape index (κ3) is 1.54. The summed E-state index contributed by atoms with van der Waals surface area (Å²) < 4.78 is 0. The Balaban J connectivity index is 2.55. The summed E-state index contributed by atoms with van der Waals surface area (Å²) in [5, 5.41) is 6.00. The van der Waals surface area contributed by atoms with Crippen LogP contribution in [-0.4, -0.2) is 19.6 Å². The van der Waals surface area contributed by atoms with Gasteiger partial charge in [0, 0.05) is 5.70 Å². The normalized spacial score (nSPS) is 25.1. The predicted octanol–water partition coefficient (Wildman–Crippen LogP) is 0.0672. The van der Waals surface area contributed by atoms with Crippen molar-refractivity contribution in [3.05, 3.63) is 11.8 Å². The van der Waals surface area contributed by atoms with Gasteiger partial charge in [-0.05, 0) is 20.0 Å². The van der Waals surface area contributed by atoms with Gasteiger partial charge < -0.3 is 5.32 Å². The van der Waals surface area contributed by atoms with Crippen LogP contribution in [-0.2, 0) is 0 Å². The Bertz CT molecular complexity index is 148. The molecule has 1 heterocycles. The third-order valence-corrected chi connectivity index (χ3v) is 1.23.